The third-order valence-corrected chi connectivity index (χ3v) is 7.30. The van der Waals surface area contributed by atoms with Crippen LogP contribution < -0.4 is 19.4 Å². The number of esters is 1. The molecule has 4 rings (SSSR count). The number of pyridine rings is 1. The summed E-state index contributed by atoms with van der Waals surface area (Å²) in [6.45, 7) is 4.94. The van der Waals surface area contributed by atoms with Crippen LogP contribution in [0.2, 0.25) is 5.02 Å². The van der Waals surface area contributed by atoms with E-state index >= 15 is 0 Å². The predicted molar refractivity (Wildman–Crippen MR) is 138 cm³/mol. The highest BCUT2D eigenvalue weighted by Crippen LogP contribution is 2.37. The van der Waals surface area contributed by atoms with Crippen molar-refractivity contribution in [3.8, 4) is 11.6 Å². The number of benzene rings is 1. The number of rotatable bonds is 7. The lowest BCUT2D eigenvalue weighted by atomic mass is 9.94. The van der Waals surface area contributed by atoms with Crippen molar-refractivity contribution in [3.63, 3.8) is 0 Å². The van der Waals surface area contributed by atoms with Crippen LogP contribution in [0.3, 0.4) is 0 Å². The summed E-state index contributed by atoms with van der Waals surface area (Å²) in [5.41, 5.74) is 0.369. The van der Waals surface area contributed by atoms with Gasteiger partial charge in [-0.05, 0) is 24.3 Å². The van der Waals surface area contributed by atoms with Gasteiger partial charge in [-0.3, -0.25) is 9.80 Å². The van der Waals surface area contributed by atoms with Gasteiger partial charge in [0.25, 0.3) is 0 Å². The highest BCUT2D eigenvalue weighted by molar-refractivity contribution is 6.33. The fraction of sp³-hybridized carbons (Fsp3) is 0.500. The van der Waals surface area contributed by atoms with Crippen molar-refractivity contribution >= 4 is 34.7 Å². The first-order valence-electron chi connectivity index (χ1n) is 12.2. The number of nitrogens with zero attached hydrogens (tertiary/aromatic N) is 4. The molecule has 1 aromatic carbocycles. The monoisotopic (exact) mass is 554 g/mol. The summed E-state index contributed by atoms with van der Waals surface area (Å²) in [6.07, 6.45) is -2.56. The zero-order valence-corrected chi connectivity index (χ0v) is 22.3. The van der Waals surface area contributed by atoms with Crippen molar-refractivity contribution in [2.75, 3.05) is 37.2 Å². The minimum atomic E-state index is -4.60. The summed E-state index contributed by atoms with van der Waals surface area (Å²) >= 11 is 6.37. The molecule has 0 aliphatic carbocycles. The molecule has 2 unspecified atom stereocenters. The Kier molecular flexibility index (Phi) is 8.25. The first-order valence-corrected chi connectivity index (χ1v) is 12.6. The molecular formula is C26H30ClF3N4O4. The molecular weight excluding hydrogens is 525 g/mol. The molecule has 3 heterocycles. The number of hydrogen-bond acceptors (Lipinski definition) is 8. The molecule has 0 radical (unpaired) electrons. The maximum atomic E-state index is 13.5. The molecule has 38 heavy (non-hydrogen) atoms. The summed E-state index contributed by atoms with van der Waals surface area (Å²) in [4.78, 5) is 18.2. The van der Waals surface area contributed by atoms with Crippen molar-refractivity contribution < 1.29 is 32.2 Å². The number of anilines is 2. The van der Waals surface area contributed by atoms with Crippen LogP contribution in [0.4, 0.5) is 24.5 Å². The zero-order chi connectivity index (χ0) is 27.6. The van der Waals surface area contributed by atoms with E-state index in [1.165, 1.54) is 19.0 Å². The number of hydrazone groups is 1. The third kappa shape index (κ3) is 5.92. The Morgan fingerprint density at radius 1 is 1.18 bits per heavy atom. The summed E-state index contributed by atoms with van der Waals surface area (Å²) in [5, 5.41) is 5.64. The molecule has 2 aliphatic rings. The molecule has 1 fully saturated rings. The molecule has 0 spiro atoms. The number of ether oxygens (including phenoxy) is 3. The molecule has 2 aromatic rings. The smallest absolute Gasteiger partial charge is 0.431 e. The number of hydrogen-bond donors (Lipinski definition) is 0. The summed E-state index contributed by atoms with van der Waals surface area (Å²) in [7, 11) is 2.76. The molecule has 0 saturated carbocycles. The number of piperidine rings is 1. The highest BCUT2D eigenvalue weighted by Gasteiger charge is 2.48. The van der Waals surface area contributed by atoms with Gasteiger partial charge in [0.15, 0.2) is 0 Å². The minimum Gasteiger partial charge on any atom is -0.490 e. The van der Waals surface area contributed by atoms with Crippen molar-refractivity contribution in [1.29, 1.82) is 0 Å². The van der Waals surface area contributed by atoms with Gasteiger partial charge in [-0.2, -0.15) is 18.3 Å². The normalized spacial score (nSPS) is 23.7. The molecule has 0 N–H and O–H groups in total. The Morgan fingerprint density at radius 3 is 2.50 bits per heavy atom. The molecule has 1 aromatic heterocycles. The topological polar surface area (TPSA) is 76.5 Å². The maximum Gasteiger partial charge on any atom is 0.431 e. The van der Waals surface area contributed by atoms with E-state index in [-0.39, 0.29) is 18.4 Å². The highest BCUT2D eigenvalue weighted by atomic mass is 35.5. The number of carbonyl (C=O) groups excluding carboxylic acids is 1. The van der Waals surface area contributed by atoms with Crippen LogP contribution in [0.25, 0.3) is 0 Å². The van der Waals surface area contributed by atoms with Gasteiger partial charge in [0, 0.05) is 37.4 Å². The third-order valence-electron chi connectivity index (χ3n) is 7.01. The van der Waals surface area contributed by atoms with Crippen LogP contribution in [0.15, 0.2) is 41.6 Å². The Hall–Kier alpha value is -3.21. The lowest BCUT2D eigenvalue weighted by Crippen LogP contribution is -2.44. The number of methoxy groups -OCH3 is 2. The fourth-order valence-electron chi connectivity index (χ4n) is 4.89. The van der Waals surface area contributed by atoms with Crippen LogP contribution >= 0.6 is 11.6 Å². The summed E-state index contributed by atoms with van der Waals surface area (Å²) in [6, 6.07) is 7.72. The number of halogens is 4. The van der Waals surface area contributed by atoms with E-state index < -0.39 is 29.8 Å². The van der Waals surface area contributed by atoms with Gasteiger partial charge >= 0.3 is 12.1 Å². The van der Waals surface area contributed by atoms with Gasteiger partial charge < -0.3 is 19.1 Å². The molecule has 1 saturated heterocycles. The van der Waals surface area contributed by atoms with Crippen molar-refractivity contribution in [3.05, 3.63) is 41.6 Å². The van der Waals surface area contributed by atoms with Crippen LogP contribution in [0, 0.1) is 11.8 Å². The van der Waals surface area contributed by atoms with Crippen LogP contribution in [-0.4, -0.2) is 62.3 Å². The van der Waals surface area contributed by atoms with Crippen LogP contribution in [0.1, 0.15) is 26.7 Å². The van der Waals surface area contributed by atoms with Crippen LogP contribution in [0.5, 0.6) is 11.6 Å². The summed E-state index contributed by atoms with van der Waals surface area (Å²) in [5.74, 6) is -0.341. The number of carbonyl (C=O) groups is 1. The predicted octanol–water partition coefficient (Wildman–Crippen LogP) is 5.34. The lowest BCUT2D eigenvalue weighted by molar-refractivity contribution is -0.141. The SMILES string of the molecule is COC(=O)C[C@H]1[C@H](C)C(C(F)(F)F)=NN1c1ccc(OC2CCN(c3cc(OC)ncc3Cl)CC2C)cc1. The lowest BCUT2D eigenvalue weighted by Gasteiger charge is -2.38. The van der Waals surface area contributed by atoms with E-state index in [0.717, 1.165) is 18.7 Å². The van der Waals surface area contributed by atoms with Crippen molar-refractivity contribution in [2.45, 2.75) is 45.0 Å². The first-order chi connectivity index (χ1) is 18.0. The van der Waals surface area contributed by atoms with Crippen LogP contribution in [-0.2, 0) is 9.53 Å². The van der Waals surface area contributed by atoms with Gasteiger partial charge in [0.05, 0.1) is 49.3 Å². The largest absolute Gasteiger partial charge is 0.490 e. The quantitative estimate of drug-likeness (QED) is 0.427. The second-order valence-electron chi connectivity index (χ2n) is 9.50. The molecule has 0 amide bonds. The standard InChI is InChI=1S/C26H30ClF3N4O4/c1-15-14-33(21-11-23(36-3)31-13-19(21)27)10-9-22(15)38-18-7-5-17(6-8-18)34-20(12-24(35)37-4)16(2)25(32-34)26(28,29)30/h5-8,11,13,15-16,20,22H,9-10,12,14H2,1-4H3/t15?,16-,20-,22?/m0/s1. The van der Waals surface area contributed by atoms with Crippen molar-refractivity contribution in [1.82, 2.24) is 4.98 Å². The van der Waals surface area contributed by atoms with E-state index in [2.05, 4.69) is 21.9 Å². The van der Waals surface area contributed by atoms with Gasteiger partial charge in [0.1, 0.15) is 17.6 Å². The Bertz CT molecular complexity index is 1180. The van der Waals surface area contributed by atoms with E-state index in [9.17, 15) is 18.0 Å². The van der Waals surface area contributed by atoms with Gasteiger partial charge in [0.2, 0.25) is 5.88 Å². The number of alkyl halides is 3. The second-order valence-corrected chi connectivity index (χ2v) is 9.91. The minimum absolute atomic E-state index is 0.0617. The Labute approximate surface area is 224 Å². The Balaban J connectivity index is 1.45. The van der Waals surface area contributed by atoms with E-state index in [0.29, 0.717) is 28.9 Å². The average Bonchev–Trinajstić information content (AvgIpc) is 3.22. The molecule has 0 bridgehead atoms. The molecule has 12 heteroatoms. The molecule has 4 atom stereocenters. The van der Waals surface area contributed by atoms with E-state index in [1.807, 2.05) is 6.07 Å². The fourth-order valence-corrected chi connectivity index (χ4v) is 5.11. The maximum absolute atomic E-state index is 13.5. The second kappa shape index (κ2) is 11.3. The van der Waals surface area contributed by atoms with Gasteiger partial charge in [-0.25, -0.2) is 4.98 Å². The average molecular weight is 555 g/mol. The van der Waals surface area contributed by atoms with E-state index in [1.54, 1.807) is 37.6 Å². The molecule has 206 valence electrons. The Morgan fingerprint density at radius 2 is 1.89 bits per heavy atom. The zero-order valence-electron chi connectivity index (χ0n) is 21.5. The number of aromatic nitrogens is 1. The van der Waals surface area contributed by atoms with Gasteiger partial charge in [-0.15, -0.1) is 0 Å². The van der Waals surface area contributed by atoms with E-state index in [4.69, 9.17) is 25.8 Å². The molecule has 2 aliphatic heterocycles. The first kappa shape index (κ1) is 27.8. The summed E-state index contributed by atoms with van der Waals surface area (Å²) < 4.78 is 56.8. The van der Waals surface area contributed by atoms with Gasteiger partial charge in [-0.1, -0.05) is 25.4 Å². The van der Waals surface area contributed by atoms with Crippen molar-refractivity contribution in [2.24, 2.45) is 16.9 Å². The molecule has 8 nitrogen and oxygen atoms in total.